The maximum absolute atomic E-state index is 12.4. The number of hydrogen-bond donors (Lipinski definition) is 1. The van der Waals surface area contributed by atoms with E-state index >= 15 is 0 Å². The first-order chi connectivity index (χ1) is 8.97. The molecule has 1 aromatic carbocycles. The topological polar surface area (TPSA) is 38.3 Å². The van der Waals surface area contributed by atoms with Crippen molar-refractivity contribution in [3.05, 3.63) is 35.9 Å². The van der Waals surface area contributed by atoms with Crippen LogP contribution in [0.2, 0.25) is 0 Å². The Morgan fingerprint density at radius 1 is 1.26 bits per heavy atom. The van der Waals surface area contributed by atoms with E-state index in [0.717, 1.165) is 5.56 Å². The first kappa shape index (κ1) is 13.9. The number of halogens is 3. The summed E-state index contributed by atoms with van der Waals surface area (Å²) >= 11 is 0. The van der Waals surface area contributed by atoms with Crippen LogP contribution in [0, 0.1) is 0 Å². The highest BCUT2D eigenvalue weighted by atomic mass is 19.4. The van der Waals surface area contributed by atoms with Crippen LogP contribution >= 0.6 is 0 Å². The van der Waals surface area contributed by atoms with Gasteiger partial charge in [-0.05, 0) is 18.4 Å². The fourth-order valence-electron chi connectivity index (χ4n) is 2.02. The average Bonchev–Trinajstić information content (AvgIpc) is 2.87. The molecule has 1 saturated heterocycles. The number of esters is 1. The molecule has 0 bridgehead atoms. The summed E-state index contributed by atoms with van der Waals surface area (Å²) in [6.45, 7) is 0.0779. The van der Waals surface area contributed by atoms with Crippen molar-refractivity contribution in [2.75, 3.05) is 0 Å². The monoisotopic (exact) mass is 273 g/mol. The lowest BCUT2D eigenvalue weighted by Gasteiger charge is -2.16. The normalized spacial score (nSPS) is 23.3. The molecule has 0 amide bonds. The minimum Gasteiger partial charge on any atom is -0.460 e. The summed E-state index contributed by atoms with van der Waals surface area (Å²) in [6.07, 6.45) is -4.25. The van der Waals surface area contributed by atoms with E-state index in [1.54, 1.807) is 24.3 Å². The molecule has 0 spiro atoms. The molecule has 2 atom stereocenters. The molecule has 0 aliphatic carbocycles. The molecule has 1 aliphatic heterocycles. The maximum atomic E-state index is 12.4. The Kier molecular flexibility index (Phi) is 4.09. The van der Waals surface area contributed by atoms with Crippen LogP contribution < -0.4 is 5.32 Å². The molecule has 1 aromatic rings. The zero-order chi connectivity index (χ0) is 13.9. The Morgan fingerprint density at radius 3 is 2.53 bits per heavy atom. The second-order valence-corrected chi connectivity index (χ2v) is 4.48. The molecular weight excluding hydrogens is 259 g/mol. The van der Waals surface area contributed by atoms with Crippen LogP contribution in [0.4, 0.5) is 13.2 Å². The third-order valence-electron chi connectivity index (χ3n) is 3.05. The fourth-order valence-corrected chi connectivity index (χ4v) is 2.02. The Balaban J connectivity index is 1.82. The molecule has 0 aromatic heterocycles. The van der Waals surface area contributed by atoms with Crippen LogP contribution in [0.15, 0.2) is 30.3 Å². The van der Waals surface area contributed by atoms with E-state index in [2.05, 4.69) is 5.32 Å². The van der Waals surface area contributed by atoms with Gasteiger partial charge in [0.05, 0.1) is 0 Å². The van der Waals surface area contributed by atoms with Crippen molar-refractivity contribution < 1.29 is 22.7 Å². The molecular formula is C13H14F3NO2. The van der Waals surface area contributed by atoms with Gasteiger partial charge in [-0.25, -0.2) is 0 Å². The highest BCUT2D eigenvalue weighted by Crippen LogP contribution is 2.28. The first-order valence-electron chi connectivity index (χ1n) is 6.00. The van der Waals surface area contributed by atoms with E-state index < -0.39 is 24.2 Å². The van der Waals surface area contributed by atoms with Gasteiger partial charge in [0.25, 0.3) is 0 Å². The van der Waals surface area contributed by atoms with Crippen molar-refractivity contribution >= 4 is 5.97 Å². The predicted octanol–water partition coefficient (Wildman–Crippen LogP) is 2.41. The molecule has 3 nitrogen and oxygen atoms in total. The summed E-state index contributed by atoms with van der Waals surface area (Å²) < 4.78 is 42.3. The molecule has 19 heavy (non-hydrogen) atoms. The summed E-state index contributed by atoms with van der Waals surface area (Å²) in [7, 11) is 0. The summed E-state index contributed by atoms with van der Waals surface area (Å²) in [6, 6.07) is 6.53. The first-order valence-corrected chi connectivity index (χ1v) is 6.00. The number of carbonyl (C=O) groups is 1. The quantitative estimate of drug-likeness (QED) is 0.859. The Labute approximate surface area is 108 Å². The number of alkyl halides is 3. The van der Waals surface area contributed by atoms with Crippen LogP contribution in [0.5, 0.6) is 0 Å². The van der Waals surface area contributed by atoms with Crippen LogP contribution in [-0.2, 0) is 16.1 Å². The van der Waals surface area contributed by atoms with Crippen molar-refractivity contribution in [2.45, 2.75) is 37.7 Å². The highest BCUT2D eigenvalue weighted by Gasteiger charge is 2.45. The lowest BCUT2D eigenvalue weighted by molar-refractivity contribution is -0.156. The van der Waals surface area contributed by atoms with Gasteiger partial charge in [-0.1, -0.05) is 30.3 Å². The number of carbonyl (C=O) groups excluding carboxylic acids is 1. The molecule has 0 unspecified atom stereocenters. The lowest BCUT2D eigenvalue weighted by atomic mass is 10.2. The molecule has 0 saturated carbocycles. The third kappa shape index (κ3) is 3.70. The Morgan fingerprint density at radius 2 is 1.95 bits per heavy atom. The second-order valence-electron chi connectivity index (χ2n) is 4.48. The fraction of sp³-hybridized carbons (Fsp3) is 0.462. The molecule has 1 fully saturated rings. The van der Waals surface area contributed by atoms with Gasteiger partial charge in [0.2, 0.25) is 0 Å². The minimum absolute atomic E-state index is 0.0779. The number of rotatable bonds is 3. The number of nitrogens with one attached hydrogen (secondary N) is 1. The van der Waals surface area contributed by atoms with Gasteiger partial charge >= 0.3 is 12.1 Å². The third-order valence-corrected chi connectivity index (χ3v) is 3.05. The van der Waals surface area contributed by atoms with E-state index in [9.17, 15) is 18.0 Å². The van der Waals surface area contributed by atoms with Crippen LogP contribution in [0.1, 0.15) is 18.4 Å². The zero-order valence-electron chi connectivity index (χ0n) is 10.1. The summed E-state index contributed by atoms with van der Waals surface area (Å²) in [5.74, 6) is -0.629. The summed E-state index contributed by atoms with van der Waals surface area (Å²) in [5, 5.41) is 2.27. The Hall–Kier alpha value is -1.56. The zero-order valence-corrected chi connectivity index (χ0v) is 10.1. The SMILES string of the molecule is O=C(OCc1ccccc1)[C@@H]1CC[C@H](C(F)(F)F)N1. The second kappa shape index (κ2) is 5.61. The van der Waals surface area contributed by atoms with Gasteiger partial charge in [0.1, 0.15) is 18.7 Å². The summed E-state index contributed by atoms with van der Waals surface area (Å²) in [4.78, 5) is 11.6. The van der Waals surface area contributed by atoms with Crippen molar-refractivity contribution in [1.29, 1.82) is 0 Å². The van der Waals surface area contributed by atoms with E-state index in [1.807, 2.05) is 6.07 Å². The van der Waals surface area contributed by atoms with Gasteiger partial charge in [0, 0.05) is 0 Å². The van der Waals surface area contributed by atoms with Crippen LogP contribution in [0.25, 0.3) is 0 Å². The Bertz CT molecular complexity index is 433. The average molecular weight is 273 g/mol. The van der Waals surface area contributed by atoms with E-state index in [4.69, 9.17) is 4.74 Å². The molecule has 1 N–H and O–H groups in total. The van der Waals surface area contributed by atoms with Crippen molar-refractivity contribution in [1.82, 2.24) is 5.32 Å². The predicted molar refractivity (Wildman–Crippen MR) is 62.2 cm³/mol. The van der Waals surface area contributed by atoms with Gasteiger partial charge in [-0.15, -0.1) is 0 Å². The molecule has 2 rings (SSSR count). The van der Waals surface area contributed by atoms with Gasteiger partial charge in [-0.3, -0.25) is 10.1 Å². The van der Waals surface area contributed by atoms with Crippen LogP contribution in [-0.4, -0.2) is 24.2 Å². The molecule has 6 heteroatoms. The molecule has 104 valence electrons. The van der Waals surface area contributed by atoms with Crippen LogP contribution in [0.3, 0.4) is 0 Å². The standard InChI is InChI=1S/C13H14F3NO2/c14-13(15,16)11-7-6-10(17-11)12(18)19-8-9-4-2-1-3-5-9/h1-5,10-11,17H,6-8H2/t10-,11+/m0/s1. The van der Waals surface area contributed by atoms with Crippen molar-refractivity contribution in [2.24, 2.45) is 0 Å². The largest absolute Gasteiger partial charge is 0.460 e. The molecule has 1 heterocycles. The maximum Gasteiger partial charge on any atom is 0.403 e. The number of hydrogen-bond acceptors (Lipinski definition) is 3. The van der Waals surface area contributed by atoms with E-state index in [0.29, 0.717) is 0 Å². The van der Waals surface area contributed by atoms with E-state index in [-0.39, 0.29) is 19.4 Å². The van der Waals surface area contributed by atoms with Gasteiger partial charge in [0.15, 0.2) is 0 Å². The number of ether oxygens (including phenoxy) is 1. The van der Waals surface area contributed by atoms with Gasteiger partial charge in [-0.2, -0.15) is 13.2 Å². The van der Waals surface area contributed by atoms with Crippen molar-refractivity contribution in [3.63, 3.8) is 0 Å². The molecule has 1 aliphatic rings. The highest BCUT2D eigenvalue weighted by molar-refractivity contribution is 5.76. The minimum atomic E-state index is -4.31. The van der Waals surface area contributed by atoms with E-state index in [1.165, 1.54) is 0 Å². The van der Waals surface area contributed by atoms with Crippen molar-refractivity contribution in [3.8, 4) is 0 Å². The smallest absolute Gasteiger partial charge is 0.403 e. The van der Waals surface area contributed by atoms with Gasteiger partial charge < -0.3 is 4.74 Å². The molecule has 0 radical (unpaired) electrons. The summed E-state index contributed by atoms with van der Waals surface area (Å²) in [5.41, 5.74) is 0.807. The lowest BCUT2D eigenvalue weighted by Crippen LogP contribution is -2.43. The number of benzene rings is 1.